The number of carbonyl (C=O) groups excluding carboxylic acids is 1. The number of hydrogen-bond donors (Lipinski definition) is 2. The number of ether oxygens (including phenoxy) is 2. The molecular formula is C22H27NO4. The molecule has 1 atom stereocenters. The van der Waals surface area contributed by atoms with E-state index in [2.05, 4.69) is 5.32 Å². The Morgan fingerprint density at radius 2 is 1.85 bits per heavy atom. The topological polar surface area (TPSA) is 67.8 Å². The summed E-state index contributed by atoms with van der Waals surface area (Å²) in [5.41, 5.74) is 1.36. The van der Waals surface area contributed by atoms with Gasteiger partial charge in [-0.05, 0) is 35.9 Å². The number of aliphatic hydroxyl groups excluding tert-OH is 1. The van der Waals surface area contributed by atoms with Crippen molar-refractivity contribution in [2.24, 2.45) is 0 Å². The third-order valence-corrected chi connectivity index (χ3v) is 3.89. The summed E-state index contributed by atoms with van der Waals surface area (Å²) in [5, 5.41) is 13.1. The summed E-state index contributed by atoms with van der Waals surface area (Å²) in [4.78, 5) is 12.6. The first-order valence-corrected chi connectivity index (χ1v) is 8.99. The van der Waals surface area contributed by atoms with Crippen molar-refractivity contribution in [1.29, 1.82) is 0 Å². The fourth-order valence-electron chi connectivity index (χ4n) is 2.39. The molecular weight excluding hydrogens is 342 g/mol. The summed E-state index contributed by atoms with van der Waals surface area (Å²) in [7, 11) is 1.61. The standard InChI is InChI=1S/C22H27NO4/c1-16(2)23-14-18(24)15-27-22-7-5-4-6-20(22)21(25)13-10-17-8-11-19(26-3)12-9-17/h4-13,16,18,23-24H,14-15H2,1-3H3/b13-10+. The van der Waals surface area contributed by atoms with E-state index in [-0.39, 0.29) is 18.4 Å². The number of rotatable bonds is 10. The van der Waals surface area contributed by atoms with Crippen molar-refractivity contribution in [2.45, 2.75) is 26.0 Å². The number of allylic oxidation sites excluding steroid dienone is 1. The molecule has 0 saturated carbocycles. The molecule has 0 aliphatic rings. The first-order valence-electron chi connectivity index (χ1n) is 8.99. The zero-order chi connectivity index (χ0) is 19.6. The highest BCUT2D eigenvalue weighted by Gasteiger charge is 2.12. The predicted octanol–water partition coefficient (Wildman–Crippen LogP) is 3.33. The second-order valence-electron chi connectivity index (χ2n) is 6.49. The van der Waals surface area contributed by atoms with Crippen molar-refractivity contribution in [3.05, 3.63) is 65.7 Å². The van der Waals surface area contributed by atoms with E-state index in [4.69, 9.17) is 9.47 Å². The van der Waals surface area contributed by atoms with Gasteiger partial charge in [-0.1, -0.05) is 44.2 Å². The summed E-state index contributed by atoms with van der Waals surface area (Å²) in [6.45, 7) is 4.57. The minimum Gasteiger partial charge on any atom is -0.497 e. The Labute approximate surface area is 160 Å². The third-order valence-electron chi connectivity index (χ3n) is 3.89. The van der Waals surface area contributed by atoms with Crippen molar-refractivity contribution in [2.75, 3.05) is 20.3 Å². The Morgan fingerprint density at radius 1 is 1.15 bits per heavy atom. The number of carbonyl (C=O) groups is 1. The van der Waals surface area contributed by atoms with E-state index in [1.165, 1.54) is 6.08 Å². The van der Waals surface area contributed by atoms with Gasteiger partial charge in [0.1, 0.15) is 24.2 Å². The van der Waals surface area contributed by atoms with Crippen LogP contribution in [-0.2, 0) is 0 Å². The number of para-hydroxylation sites is 1. The average Bonchev–Trinajstić information content (AvgIpc) is 2.69. The van der Waals surface area contributed by atoms with Crippen molar-refractivity contribution in [3.8, 4) is 11.5 Å². The van der Waals surface area contributed by atoms with Gasteiger partial charge in [0.15, 0.2) is 5.78 Å². The number of ketones is 1. The van der Waals surface area contributed by atoms with Crippen LogP contribution in [0.4, 0.5) is 0 Å². The Bertz CT molecular complexity index is 753. The van der Waals surface area contributed by atoms with Crippen molar-refractivity contribution >= 4 is 11.9 Å². The highest BCUT2D eigenvalue weighted by molar-refractivity contribution is 6.08. The molecule has 0 aromatic heterocycles. The monoisotopic (exact) mass is 369 g/mol. The molecule has 2 aromatic carbocycles. The lowest BCUT2D eigenvalue weighted by Crippen LogP contribution is -2.35. The first kappa shape index (κ1) is 20.7. The summed E-state index contributed by atoms with van der Waals surface area (Å²) in [5.74, 6) is 1.07. The molecule has 0 bridgehead atoms. The molecule has 0 heterocycles. The van der Waals surface area contributed by atoms with Crippen molar-refractivity contribution < 1.29 is 19.4 Å². The minimum absolute atomic E-state index is 0.117. The molecule has 27 heavy (non-hydrogen) atoms. The van der Waals surface area contributed by atoms with Crippen molar-refractivity contribution in [3.63, 3.8) is 0 Å². The summed E-state index contributed by atoms with van der Waals surface area (Å²) < 4.78 is 10.8. The van der Waals surface area contributed by atoms with Crippen LogP contribution in [0.25, 0.3) is 6.08 Å². The summed E-state index contributed by atoms with van der Waals surface area (Å²) in [6.07, 6.45) is 2.62. The van der Waals surface area contributed by atoms with Gasteiger partial charge in [-0.15, -0.1) is 0 Å². The number of aliphatic hydroxyl groups is 1. The van der Waals surface area contributed by atoms with E-state index in [1.807, 2.05) is 38.1 Å². The fraction of sp³-hybridized carbons (Fsp3) is 0.318. The molecule has 0 amide bonds. The highest BCUT2D eigenvalue weighted by Crippen LogP contribution is 2.20. The number of methoxy groups -OCH3 is 1. The van der Waals surface area contributed by atoms with Crippen LogP contribution in [-0.4, -0.2) is 43.3 Å². The van der Waals surface area contributed by atoms with Crippen LogP contribution in [0, 0.1) is 0 Å². The molecule has 0 fully saturated rings. The number of benzene rings is 2. The maximum atomic E-state index is 12.6. The van der Waals surface area contributed by atoms with Crippen LogP contribution < -0.4 is 14.8 Å². The third kappa shape index (κ3) is 6.89. The molecule has 0 aliphatic heterocycles. The molecule has 2 N–H and O–H groups in total. The zero-order valence-electron chi connectivity index (χ0n) is 16.0. The zero-order valence-corrected chi connectivity index (χ0v) is 16.0. The van der Waals surface area contributed by atoms with Crippen molar-refractivity contribution in [1.82, 2.24) is 5.32 Å². The van der Waals surface area contributed by atoms with E-state index in [0.29, 0.717) is 17.9 Å². The van der Waals surface area contributed by atoms with Crippen LogP contribution >= 0.6 is 0 Å². The van der Waals surface area contributed by atoms with Gasteiger partial charge in [0.2, 0.25) is 0 Å². The average molecular weight is 369 g/mol. The van der Waals surface area contributed by atoms with Gasteiger partial charge in [0, 0.05) is 12.6 Å². The highest BCUT2D eigenvalue weighted by atomic mass is 16.5. The van der Waals surface area contributed by atoms with E-state index < -0.39 is 6.10 Å². The lowest BCUT2D eigenvalue weighted by Gasteiger charge is -2.16. The molecule has 2 aromatic rings. The second kappa shape index (κ2) is 10.5. The Hall–Kier alpha value is -2.63. The molecule has 0 aliphatic carbocycles. The van der Waals surface area contributed by atoms with Crippen LogP contribution in [0.2, 0.25) is 0 Å². The van der Waals surface area contributed by atoms with Crippen LogP contribution in [0.5, 0.6) is 11.5 Å². The first-order chi connectivity index (χ1) is 13.0. The van der Waals surface area contributed by atoms with Gasteiger partial charge < -0.3 is 19.9 Å². The molecule has 1 unspecified atom stereocenters. The molecule has 5 heteroatoms. The van der Waals surface area contributed by atoms with Crippen LogP contribution in [0.1, 0.15) is 29.8 Å². The van der Waals surface area contributed by atoms with E-state index in [0.717, 1.165) is 11.3 Å². The Balaban J connectivity index is 2.00. The minimum atomic E-state index is -0.648. The normalized spacial score (nSPS) is 12.3. The molecule has 0 saturated heterocycles. The number of hydrogen-bond acceptors (Lipinski definition) is 5. The smallest absolute Gasteiger partial charge is 0.189 e. The van der Waals surface area contributed by atoms with Gasteiger partial charge in [0.25, 0.3) is 0 Å². The fourth-order valence-corrected chi connectivity index (χ4v) is 2.39. The summed E-state index contributed by atoms with van der Waals surface area (Å²) in [6, 6.07) is 14.8. The molecule has 0 radical (unpaired) electrons. The Morgan fingerprint density at radius 3 is 2.52 bits per heavy atom. The molecule has 144 valence electrons. The predicted molar refractivity (Wildman–Crippen MR) is 107 cm³/mol. The maximum absolute atomic E-state index is 12.6. The molecule has 5 nitrogen and oxygen atoms in total. The van der Waals surface area contributed by atoms with Gasteiger partial charge in [-0.2, -0.15) is 0 Å². The summed E-state index contributed by atoms with van der Waals surface area (Å²) >= 11 is 0. The number of nitrogens with one attached hydrogen (secondary N) is 1. The van der Waals surface area contributed by atoms with E-state index >= 15 is 0 Å². The molecule has 2 rings (SSSR count). The van der Waals surface area contributed by atoms with Gasteiger partial charge in [-0.25, -0.2) is 0 Å². The lowest BCUT2D eigenvalue weighted by atomic mass is 10.1. The Kier molecular flexibility index (Phi) is 8.04. The maximum Gasteiger partial charge on any atom is 0.189 e. The van der Waals surface area contributed by atoms with Gasteiger partial charge >= 0.3 is 0 Å². The largest absolute Gasteiger partial charge is 0.497 e. The molecule has 0 spiro atoms. The lowest BCUT2D eigenvalue weighted by molar-refractivity contribution is 0.0987. The van der Waals surface area contributed by atoms with E-state index in [9.17, 15) is 9.90 Å². The van der Waals surface area contributed by atoms with E-state index in [1.54, 1.807) is 37.5 Å². The van der Waals surface area contributed by atoms with Gasteiger partial charge in [0.05, 0.1) is 12.7 Å². The SMILES string of the molecule is COc1ccc(/C=C/C(=O)c2ccccc2OCC(O)CNC(C)C)cc1. The van der Waals surface area contributed by atoms with Gasteiger partial charge in [-0.3, -0.25) is 4.79 Å². The van der Waals surface area contributed by atoms with Crippen LogP contribution in [0.15, 0.2) is 54.6 Å². The van der Waals surface area contributed by atoms with Crippen LogP contribution in [0.3, 0.4) is 0 Å². The second-order valence-corrected chi connectivity index (χ2v) is 6.49. The quantitative estimate of drug-likeness (QED) is 0.497.